The molecule has 2 aliphatic rings. The molecule has 26 heavy (non-hydrogen) atoms. The molecule has 4 rings (SSSR count). The van der Waals surface area contributed by atoms with E-state index < -0.39 is 0 Å². The molecule has 0 unspecified atom stereocenters. The maximum atomic E-state index is 13.1. The number of piperidine rings is 1. The summed E-state index contributed by atoms with van der Waals surface area (Å²) in [7, 11) is 1.84. The molecule has 138 valence electrons. The number of aryl methyl sites for hydroxylation is 1. The summed E-state index contributed by atoms with van der Waals surface area (Å²) in [5, 5.41) is 4.51. The molecular formula is C20H26N4O2. The molecule has 2 atom stereocenters. The smallest absolute Gasteiger partial charge is 0.272 e. The Labute approximate surface area is 153 Å². The molecule has 6 nitrogen and oxygen atoms in total. The zero-order valence-corrected chi connectivity index (χ0v) is 15.7. The highest BCUT2D eigenvalue weighted by Crippen LogP contribution is 2.35. The summed E-state index contributed by atoms with van der Waals surface area (Å²) in [5.41, 5.74) is 2.77. The van der Waals surface area contributed by atoms with Crippen LogP contribution in [0.4, 0.5) is 0 Å². The van der Waals surface area contributed by atoms with Crippen molar-refractivity contribution < 1.29 is 4.79 Å². The minimum absolute atomic E-state index is 0.0523. The third-order valence-corrected chi connectivity index (χ3v) is 5.53. The number of fused-ring (bicyclic) bond motifs is 4. The minimum Gasteiger partial charge on any atom is -0.336 e. The summed E-state index contributed by atoms with van der Waals surface area (Å²) >= 11 is 0. The second-order valence-corrected chi connectivity index (χ2v) is 8.15. The van der Waals surface area contributed by atoms with Gasteiger partial charge in [-0.3, -0.25) is 14.3 Å². The van der Waals surface area contributed by atoms with Gasteiger partial charge in [0, 0.05) is 44.4 Å². The molecule has 0 aromatic carbocycles. The van der Waals surface area contributed by atoms with E-state index in [0.717, 1.165) is 24.2 Å². The maximum Gasteiger partial charge on any atom is 0.272 e. The lowest BCUT2D eigenvalue weighted by atomic mass is 9.83. The highest BCUT2D eigenvalue weighted by Gasteiger charge is 2.37. The van der Waals surface area contributed by atoms with Gasteiger partial charge in [-0.15, -0.1) is 0 Å². The van der Waals surface area contributed by atoms with E-state index in [2.05, 4.69) is 18.9 Å². The number of pyridine rings is 1. The van der Waals surface area contributed by atoms with E-state index in [9.17, 15) is 9.59 Å². The molecule has 1 saturated heterocycles. The average molecular weight is 354 g/mol. The lowest BCUT2D eigenvalue weighted by molar-refractivity contribution is 0.0584. The molecule has 2 bridgehead atoms. The quantitative estimate of drug-likeness (QED) is 0.847. The van der Waals surface area contributed by atoms with Crippen LogP contribution < -0.4 is 5.56 Å². The Morgan fingerprint density at radius 3 is 2.85 bits per heavy atom. The van der Waals surface area contributed by atoms with Gasteiger partial charge in [0.05, 0.1) is 5.69 Å². The molecular weight excluding hydrogens is 328 g/mol. The average Bonchev–Trinajstić information content (AvgIpc) is 2.94. The number of carbonyl (C=O) groups is 1. The van der Waals surface area contributed by atoms with E-state index in [1.54, 1.807) is 10.7 Å². The lowest BCUT2D eigenvalue weighted by Gasteiger charge is -2.42. The summed E-state index contributed by atoms with van der Waals surface area (Å²) in [6.07, 6.45) is 1.93. The number of likely N-dealkylation sites (tertiary alicyclic amines) is 1. The Bertz CT molecular complexity index is 895. The van der Waals surface area contributed by atoms with Crippen molar-refractivity contribution in [2.75, 3.05) is 13.1 Å². The summed E-state index contributed by atoms with van der Waals surface area (Å²) < 4.78 is 3.61. The molecule has 1 fully saturated rings. The van der Waals surface area contributed by atoms with Gasteiger partial charge < -0.3 is 9.47 Å². The van der Waals surface area contributed by atoms with Crippen LogP contribution in [0.25, 0.3) is 0 Å². The fourth-order valence-electron chi connectivity index (χ4n) is 4.47. The minimum atomic E-state index is 0.0523. The van der Waals surface area contributed by atoms with Gasteiger partial charge in [-0.25, -0.2) is 0 Å². The molecule has 1 amide bonds. The molecule has 0 N–H and O–H groups in total. The largest absolute Gasteiger partial charge is 0.336 e. The van der Waals surface area contributed by atoms with Crippen molar-refractivity contribution in [1.82, 2.24) is 19.2 Å². The Morgan fingerprint density at radius 2 is 2.08 bits per heavy atom. The molecule has 0 saturated carbocycles. The van der Waals surface area contributed by atoms with Gasteiger partial charge in [-0.2, -0.15) is 5.10 Å². The van der Waals surface area contributed by atoms with E-state index in [1.165, 1.54) is 0 Å². The zero-order valence-electron chi connectivity index (χ0n) is 15.7. The molecule has 0 aliphatic carbocycles. The van der Waals surface area contributed by atoms with Crippen LogP contribution in [0.1, 0.15) is 48.1 Å². The molecule has 6 heteroatoms. The van der Waals surface area contributed by atoms with Crippen LogP contribution in [0.3, 0.4) is 0 Å². The number of nitrogens with zero attached hydrogens (tertiary/aromatic N) is 4. The van der Waals surface area contributed by atoms with E-state index in [-0.39, 0.29) is 17.4 Å². The van der Waals surface area contributed by atoms with Crippen LogP contribution in [0.2, 0.25) is 0 Å². The van der Waals surface area contributed by atoms with Crippen molar-refractivity contribution >= 4 is 5.91 Å². The Kier molecular flexibility index (Phi) is 4.21. The highest BCUT2D eigenvalue weighted by molar-refractivity contribution is 5.92. The van der Waals surface area contributed by atoms with Crippen molar-refractivity contribution in [2.24, 2.45) is 18.9 Å². The zero-order chi connectivity index (χ0) is 18.4. The van der Waals surface area contributed by atoms with Gasteiger partial charge >= 0.3 is 0 Å². The van der Waals surface area contributed by atoms with Gasteiger partial charge in [0.15, 0.2) is 0 Å². The van der Waals surface area contributed by atoms with Gasteiger partial charge in [-0.05, 0) is 36.8 Å². The predicted octanol–water partition coefficient (Wildman–Crippen LogP) is 2.04. The molecule has 4 heterocycles. The van der Waals surface area contributed by atoms with Gasteiger partial charge in [0.2, 0.25) is 0 Å². The second-order valence-electron chi connectivity index (χ2n) is 8.15. The topological polar surface area (TPSA) is 60.1 Å². The first-order valence-electron chi connectivity index (χ1n) is 9.44. The Morgan fingerprint density at radius 1 is 1.27 bits per heavy atom. The number of hydrogen-bond acceptors (Lipinski definition) is 3. The van der Waals surface area contributed by atoms with Crippen LogP contribution in [-0.4, -0.2) is 38.2 Å². The van der Waals surface area contributed by atoms with Crippen molar-refractivity contribution in [1.29, 1.82) is 0 Å². The van der Waals surface area contributed by atoms with Crippen LogP contribution >= 0.6 is 0 Å². The fourth-order valence-corrected chi connectivity index (χ4v) is 4.47. The van der Waals surface area contributed by atoms with Gasteiger partial charge in [0.25, 0.3) is 11.5 Å². The van der Waals surface area contributed by atoms with Crippen molar-refractivity contribution in [2.45, 2.75) is 39.2 Å². The monoisotopic (exact) mass is 354 g/mol. The number of amides is 1. The first-order valence-corrected chi connectivity index (χ1v) is 9.44. The predicted molar refractivity (Wildman–Crippen MR) is 99.2 cm³/mol. The second kappa shape index (κ2) is 6.41. The maximum absolute atomic E-state index is 13.1. The van der Waals surface area contributed by atoms with Gasteiger partial charge in [0.1, 0.15) is 5.69 Å². The first kappa shape index (κ1) is 17.1. The summed E-state index contributed by atoms with van der Waals surface area (Å²) in [4.78, 5) is 27.2. The summed E-state index contributed by atoms with van der Waals surface area (Å²) in [5.74, 6) is 1.14. The standard InChI is InChI=1S/C20H26N4O2/c1-13(2)7-16-9-18(22(3)21-16)20(26)23-10-14-8-15(12-23)17-5-4-6-19(25)24(17)11-14/h4-6,9,13-15H,7-8,10-12H2,1-3H3/t14-,15+/m0/s1. The van der Waals surface area contributed by atoms with Gasteiger partial charge in [-0.1, -0.05) is 19.9 Å². The number of carbonyl (C=O) groups excluding carboxylic acids is 1. The summed E-state index contributed by atoms with van der Waals surface area (Å²) in [6.45, 7) is 6.40. The Balaban J connectivity index is 1.58. The number of hydrogen-bond donors (Lipinski definition) is 0. The molecule has 2 aliphatic heterocycles. The van der Waals surface area contributed by atoms with Crippen molar-refractivity contribution in [3.63, 3.8) is 0 Å². The normalized spacial score (nSPS) is 21.8. The van der Waals surface area contributed by atoms with Crippen LogP contribution in [0.15, 0.2) is 29.1 Å². The third kappa shape index (κ3) is 2.97. The van der Waals surface area contributed by atoms with Crippen LogP contribution in [0, 0.1) is 11.8 Å². The third-order valence-electron chi connectivity index (χ3n) is 5.53. The van der Waals surface area contributed by atoms with Crippen molar-refractivity contribution in [3.8, 4) is 0 Å². The summed E-state index contributed by atoms with van der Waals surface area (Å²) in [6, 6.07) is 7.42. The Hall–Kier alpha value is -2.37. The SMILES string of the molecule is CC(C)Cc1cc(C(=O)N2C[C@@H]3C[C@H](C2)c2cccc(=O)n2C3)n(C)n1. The highest BCUT2D eigenvalue weighted by atomic mass is 16.2. The number of rotatable bonds is 3. The van der Waals surface area contributed by atoms with Crippen LogP contribution in [-0.2, 0) is 20.0 Å². The molecule has 0 spiro atoms. The van der Waals surface area contributed by atoms with E-state index in [1.807, 2.05) is 34.7 Å². The van der Waals surface area contributed by atoms with Crippen LogP contribution in [0.5, 0.6) is 0 Å². The molecule has 2 aromatic rings. The molecule has 2 aromatic heterocycles. The first-order chi connectivity index (χ1) is 12.4. The fraction of sp³-hybridized carbons (Fsp3) is 0.550. The number of aromatic nitrogens is 3. The molecule has 0 radical (unpaired) electrons. The van der Waals surface area contributed by atoms with Crippen molar-refractivity contribution in [3.05, 3.63) is 51.7 Å². The van der Waals surface area contributed by atoms with E-state index in [0.29, 0.717) is 37.2 Å². The van der Waals surface area contributed by atoms with E-state index >= 15 is 0 Å². The lowest BCUT2D eigenvalue weighted by Crippen LogP contribution is -2.49. The van der Waals surface area contributed by atoms with E-state index in [4.69, 9.17) is 0 Å².